The maximum atomic E-state index is 12.3. The largest absolute Gasteiger partial charge is 0.392 e. The zero-order valence-corrected chi connectivity index (χ0v) is 11.6. The number of hydrogen-bond acceptors (Lipinski definition) is 2. The normalized spacial score (nSPS) is 16.8. The van der Waals surface area contributed by atoms with Crippen molar-refractivity contribution >= 4 is 28.8 Å². The Kier molecular flexibility index (Phi) is 3.39. The lowest BCUT2D eigenvalue weighted by Gasteiger charge is -2.39. The van der Waals surface area contributed by atoms with Crippen molar-refractivity contribution in [3.05, 3.63) is 29.3 Å². The first kappa shape index (κ1) is 13.0. The lowest BCUT2D eigenvalue weighted by Crippen LogP contribution is -2.50. The van der Waals surface area contributed by atoms with Crippen molar-refractivity contribution in [2.24, 2.45) is 11.1 Å². The summed E-state index contributed by atoms with van der Waals surface area (Å²) in [6.07, 6.45) is 2.54. The first-order valence-corrected chi connectivity index (χ1v) is 6.55. The molecule has 1 aliphatic rings. The minimum absolute atomic E-state index is 0.0602. The minimum atomic E-state index is -0.620. The quantitative estimate of drug-likeness (QED) is 0.823. The fourth-order valence-corrected chi connectivity index (χ4v) is 2.52. The van der Waals surface area contributed by atoms with E-state index in [0.717, 1.165) is 36.1 Å². The Morgan fingerprint density at radius 1 is 1.39 bits per heavy atom. The van der Waals surface area contributed by atoms with Crippen molar-refractivity contribution in [3.63, 3.8) is 0 Å². The molecule has 18 heavy (non-hydrogen) atoms. The highest BCUT2D eigenvalue weighted by Crippen LogP contribution is 2.42. The number of thiocarbonyl (C=S) groups is 1. The van der Waals surface area contributed by atoms with Gasteiger partial charge in [-0.25, -0.2) is 0 Å². The van der Waals surface area contributed by atoms with Crippen LogP contribution in [0.15, 0.2) is 18.2 Å². The fraction of sp³-hybridized carbons (Fsp3) is 0.429. The third-order valence-corrected chi connectivity index (χ3v) is 4.15. The van der Waals surface area contributed by atoms with Gasteiger partial charge in [0.05, 0.1) is 10.4 Å². The van der Waals surface area contributed by atoms with Gasteiger partial charge < -0.3 is 11.1 Å². The van der Waals surface area contributed by atoms with Crippen LogP contribution in [0.25, 0.3) is 0 Å². The third kappa shape index (κ3) is 2.12. The molecule has 1 saturated carbocycles. The zero-order valence-electron chi connectivity index (χ0n) is 10.7. The molecule has 0 bridgehead atoms. The summed E-state index contributed by atoms with van der Waals surface area (Å²) in [5.74, 6) is -0.0602. The van der Waals surface area contributed by atoms with Crippen LogP contribution in [0.2, 0.25) is 0 Å². The molecule has 1 amide bonds. The van der Waals surface area contributed by atoms with Crippen LogP contribution >= 0.6 is 12.2 Å². The SMILES string of the molecule is Cc1ccc(C)c(NC(=O)C2(C(N)=S)CCC2)c1. The number of carbonyl (C=O) groups is 1. The monoisotopic (exact) mass is 262 g/mol. The lowest BCUT2D eigenvalue weighted by molar-refractivity contribution is -0.125. The summed E-state index contributed by atoms with van der Waals surface area (Å²) in [4.78, 5) is 12.7. The number of nitrogens with one attached hydrogen (secondary N) is 1. The van der Waals surface area contributed by atoms with Gasteiger partial charge in [0.15, 0.2) is 0 Å². The predicted octanol–water partition coefficient (Wildman–Crippen LogP) is 2.70. The highest BCUT2D eigenvalue weighted by molar-refractivity contribution is 7.80. The van der Waals surface area contributed by atoms with Gasteiger partial charge in [-0.1, -0.05) is 30.8 Å². The van der Waals surface area contributed by atoms with E-state index in [4.69, 9.17) is 18.0 Å². The number of benzene rings is 1. The summed E-state index contributed by atoms with van der Waals surface area (Å²) in [5.41, 5.74) is 8.12. The molecule has 1 fully saturated rings. The average Bonchev–Trinajstić information content (AvgIpc) is 2.21. The van der Waals surface area contributed by atoms with E-state index in [1.807, 2.05) is 32.0 Å². The van der Waals surface area contributed by atoms with Gasteiger partial charge in [-0.3, -0.25) is 4.79 Å². The average molecular weight is 262 g/mol. The number of aryl methyl sites for hydroxylation is 2. The van der Waals surface area contributed by atoms with Crippen molar-refractivity contribution in [3.8, 4) is 0 Å². The molecule has 0 unspecified atom stereocenters. The van der Waals surface area contributed by atoms with Gasteiger partial charge in [0.1, 0.15) is 0 Å². The summed E-state index contributed by atoms with van der Waals surface area (Å²) in [6.45, 7) is 3.98. The molecule has 4 heteroatoms. The number of rotatable bonds is 3. The third-order valence-electron chi connectivity index (χ3n) is 3.75. The van der Waals surface area contributed by atoms with Crippen molar-refractivity contribution in [1.82, 2.24) is 0 Å². The number of nitrogens with two attached hydrogens (primary N) is 1. The topological polar surface area (TPSA) is 55.1 Å². The smallest absolute Gasteiger partial charge is 0.237 e. The Morgan fingerprint density at radius 3 is 2.56 bits per heavy atom. The van der Waals surface area contributed by atoms with Crippen LogP contribution in [0.4, 0.5) is 5.69 Å². The Bertz CT molecular complexity index is 507. The standard InChI is InChI=1S/C14H18N2OS/c1-9-4-5-10(2)11(8-9)16-13(17)14(12(15)18)6-3-7-14/h4-5,8H,3,6-7H2,1-2H3,(H2,15,18)(H,16,17). The van der Waals surface area contributed by atoms with Gasteiger partial charge in [-0.05, 0) is 43.9 Å². The number of amides is 1. The van der Waals surface area contributed by atoms with Gasteiger partial charge in [0, 0.05) is 5.69 Å². The molecule has 0 radical (unpaired) electrons. The molecule has 96 valence electrons. The second-order valence-corrected chi connectivity index (χ2v) is 5.51. The molecule has 2 rings (SSSR count). The molecule has 0 heterocycles. The Labute approximate surface area is 113 Å². The Morgan fingerprint density at radius 2 is 2.06 bits per heavy atom. The first-order valence-electron chi connectivity index (χ1n) is 6.14. The van der Waals surface area contributed by atoms with Gasteiger partial charge in [0.25, 0.3) is 0 Å². The molecule has 1 aromatic rings. The predicted molar refractivity (Wildman–Crippen MR) is 77.6 cm³/mol. The Hall–Kier alpha value is -1.42. The molecule has 0 saturated heterocycles. The molecule has 0 aromatic heterocycles. The zero-order chi connectivity index (χ0) is 13.3. The second kappa shape index (κ2) is 4.69. The summed E-state index contributed by atoms with van der Waals surface area (Å²) in [7, 11) is 0. The highest BCUT2D eigenvalue weighted by atomic mass is 32.1. The van der Waals surface area contributed by atoms with Crippen molar-refractivity contribution in [2.75, 3.05) is 5.32 Å². The second-order valence-electron chi connectivity index (χ2n) is 5.07. The van der Waals surface area contributed by atoms with E-state index < -0.39 is 5.41 Å². The number of hydrogen-bond donors (Lipinski definition) is 2. The lowest BCUT2D eigenvalue weighted by atomic mass is 9.68. The van der Waals surface area contributed by atoms with Crippen LogP contribution in [-0.2, 0) is 4.79 Å². The fourth-order valence-electron chi connectivity index (χ4n) is 2.23. The van der Waals surface area contributed by atoms with E-state index in [9.17, 15) is 4.79 Å². The van der Waals surface area contributed by atoms with Crippen LogP contribution in [-0.4, -0.2) is 10.9 Å². The maximum absolute atomic E-state index is 12.3. The summed E-state index contributed by atoms with van der Waals surface area (Å²) in [5, 5.41) is 2.97. The molecule has 0 aliphatic heterocycles. The summed E-state index contributed by atoms with van der Waals surface area (Å²) < 4.78 is 0. The van der Waals surface area contributed by atoms with Crippen LogP contribution in [0.3, 0.4) is 0 Å². The van der Waals surface area contributed by atoms with Crippen LogP contribution < -0.4 is 11.1 Å². The maximum Gasteiger partial charge on any atom is 0.237 e. The number of anilines is 1. The van der Waals surface area contributed by atoms with E-state index in [1.54, 1.807) is 0 Å². The summed E-state index contributed by atoms with van der Waals surface area (Å²) in [6, 6.07) is 6.00. The highest BCUT2D eigenvalue weighted by Gasteiger charge is 2.47. The van der Waals surface area contributed by atoms with Crippen molar-refractivity contribution < 1.29 is 4.79 Å². The van der Waals surface area contributed by atoms with Gasteiger partial charge >= 0.3 is 0 Å². The molecule has 0 atom stereocenters. The molecule has 1 aliphatic carbocycles. The molecular formula is C14H18N2OS. The molecule has 3 nitrogen and oxygen atoms in total. The molecular weight excluding hydrogens is 244 g/mol. The Balaban J connectivity index is 2.21. The number of carbonyl (C=O) groups excluding carboxylic acids is 1. The van der Waals surface area contributed by atoms with Crippen molar-refractivity contribution in [2.45, 2.75) is 33.1 Å². The van der Waals surface area contributed by atoms with E-state index in [1.165, 1.54) is 0 Å². The van der Waals surface area contributed by atoms with Crippen molar-refractivity contribution in [1.29, 1.82) is 0 Å². The van der Waals surface area contributed by atoms with Gasteiger partial charge in [-0.15, -0.1) is 0 Å². The van der Waals surface area contributed by atoms with E-state index in [0.29, 0.717) is 4.99 Å². The van der Waals surface area contributed by atoms with Crippen LogP contribution in [0.5, 0.6) is 0 Å². The van der Waals surface area contributed by atoms with Gasteiger partial charge in [-0.2, -0.15) is 0 Å². The molecule has 0 spiro atoms. The minimum Gasteiger partial charge on any atom is -0.392 e. The van der Waals surface area contributed by atoms with E-state index in [2.05, 4.69) is 5.32 Å². The van der Waals surface area contributed by atoms with E-state index in [-0.39, 0.29) is 5.91 Å². The van der Waals surface area contributed by atoms with E-state index >= 15 is 0 Å². The van der Waals surface area contributed by atoms with Crippen LogP contribution in [0.1, 0.15) is 30.4 Å². The van der Waals surface area contributed by atoms with Crippen LogP contribution in [0, 0.1) is 19.3 Å². The summed E-state index contributed by atoms with van der Waals surface area (Å²) >= 11 is 5.05. The molecule has 3 N–H and O–H groups in total. The first-order chi connectivity index (χ1) is 8.45. The van der Waals surface area contributed by atoms with Gasteiger partial charge in [0.2, 0.25) is 5.91 Å². The molecule has 1 aromatic carbocycles.